The summed E-state index contributed by atoms with van der Waals surface area (Å²) in [4.78, 5) is 12.9. The molecule has 0 aromatic carbocycles. The molecule has 0 unspecified atom stereocenters. The molecule has 2 N–H and O–H groups in total. The van der Waals surface area contributed by atoms with E-state index in [1.54, 1.807) is 13.8 Å². The summed E-state index contributed by atoms with van der Waals surface area (Å²) in [6.45, 7) is 17.7. The molecule has 1 aliphatic heterocycles. The Morgan fingerprint density at radius 1 is 0.794 bits per heavy atom. The second-order valence-corrected chi connectivity index (χ2v) is 15.2. The molecule has 1 heterocycles. The molecule has 9 atom stereocenters. The summed E-state index contributed by atoms with van der Waals surface area (Å²) >= 11 is 0. The van der Waals surface area contributed by atoms with Crippen molar-refractivity contribution in [2.75, 3.05) is 0 Å². The van der Waals surface area contributed by atoms with E-state index in [0.29, 0.717) is 35.9 Å². The van der Waals surface area contributed by atoms with E-state index in [0.717, 1.165) is 25.7 Å². The summed E-state index contributed by atoms with van der Waals surface area (Å²) in [6, 6.07) is 0. The van der Waals surface area contributed by atoms with Crippen LogP contribution >= 0.6 is 0 Å². The topological polar surface area (TPSA) is 66.8 Å². The molecule has 5 fully saturated rings. The molecule has 4 nitrogen and oxygen atoms in total. The van der Waals surface area contributed by atoms with Crippen molar-refractivity contribution in [2.24, 2.45) is 45.3 Å². The third-order valence-corrected chi connectivity index (χ3v) is 13.2. The van der Waals surface area contributed by atoms with Gasteiger partial charge in [0.25, 0.3) is 0 Å². The van der Waals surface area contributed by atoms with E-state index in [-0.39, 0.29) is 27.3 Å². The van der Waals surface area contributed by atoms with Crippen LogP contribution < -0.4 is 0 Å². The Bertz CT molecular complexity index is 874. The summed E-state index contributed by atoms with van der Waals surface area (Å²) in [5.41, 5.74) is -1.09. The normalized spacial score (nSPS) is 54.9. The van der Waals surface area contributed by atoms with Crippen molar-refractivity contribution in [2.45, 2.75) is 137 Å². The Morgan fingerprint density at radius 2 is 1.44 bits per heavy atom. The first kappa shape index (κ1) is 25.2. The van der Waals surface area contributed by atoms with Crippen molar-refractivity contribution in [1.29, 1.82) is 0 Å². The van der Waals surface area contributed by atoms with Crippen LogP contribution in [-0.2, 0) is 9.53 Å². The van der Waals surface area contributed by atoms with Crippen LogP contribution in [0.15, 0.2) is 0 Å². The average Bonchev–Trinajstić information content (AvgIpc) is 3.24. The van der Waals surface area contributed by atoms with Crippen molar-refractivity contribution in [3.8, 4) is 0 Å². The maximum Gasteiger partial charge on any atom is 0.194 e. The van der Waals surface area contributed by atoms with Gasteiger partial charge in [-0.2, -0.15) is 0 Å². The third kappa shape index (κ3) is 2.97. The number of carbonyl (C=O) groups excluding carboxylic acids is 1. The molecule has 4 saturated carbocycles. The molecule has 4 aliphatic carbocycles. The number of aliphatic hydroxyl groups is 2. The van der Waals surface area contributed by atoms with Gasteiger partial charge in [0.1, 0.15) is 11.4 Å². The zero-order valence-corrected chi connectivity index (χ0v) is 23.1. The Balaban J connectivity index is 1.46. The van der Waals surface area contributed by atoms with Gasteiger partial charge < -0.3 is 14.9 Å². The quantitative estimate of drug-likeness (QED) is 0.495. The van der Waals surface area contributed by atoms with E-state index in [4.69, 9.17) is 4.74 Å². The van der Waals surface area contributed by atoms with E-state index in [9.17, 15) is 15.0 Å². The number of hydrogen-bond donors (Lipinski definition) is 2. The van der Waals surface area contributed by atoms with Gasteiger partial charge in [-0.3, -0.25) is 4.79 Å². The van der Waals surface area contributed by atoms with Crippen LogP contribution in [0.5, 0.6) is 0 Å². The zero-order valence-electron chi connectivity index (χ0n) is 23.1. The van der Waals surface area contributed by atoms with Crippen molar-refractivity contribution >= 4 is 5.78 Å². The number of ketones is 1. The van der Waals surface area contributed by atoms with Gasteiger partial charge in [0, 0.05) is 18.3 Å². The third-order valence-electron chi connectivity index (χ3n) is 13.2. The van der Waals surface area contributed by atoms with Gasteiger partial charge in [-0.25, -0.2) is 0 Å². The lowest BCUT2D eigenvalue weighted by Gasteiger charge is -2.69. The van der Waals surface area contributed by atoms with Crippen LogP contribution in [0.3, 0.4) is 0 Å². The first-order valence-corrected chi connectivity index (χ1v) is 14.1. The van der Waals surface area contributed by atoms with Crippen LogP contribution in [-0.4, -0.2) is 33.0 Å². The van der Waals surface area contributed by atoms with Gasteiger partial charge >= 0.3 is 0 Å². The monoisotopic (exact) mass is 474 g/mol. The molecule has 5 aliphatic rings. The van der Waals surface area contributed by atoms with Gasteiger partial charge in [-0.1, -0.05) is 34.6 Å². The van der Waals surface area contributed by atoms with Crippen LogP contribution in [0.25, 0.3) is 0 Å². The van der Waals surface area contributed by atoms with Crippen LogP contribution in [0.1, 0.15) is 120 Å². The van der Waals surface area contributed by atoms with Gasteiger partial charge in [0.05, 0.1) is 5.60 Å². The first-order valence-electron chi connectivity index (χ1n) is 14.1. The highest BCUT2D eigenvalue weighted by molar-refractivity contribution is 5.85. The van der Waals surface area contributed by atoms with Gasteiger partial charge in [0.15, 0.2) is 5.79 Å². The number of carbonyl (C=O) groups is 1. The maximum atomic E-state index is 12.9. The Kier molecular flexibility index (Phi) is 5.26. The van der Waals surface area contributed by atoms with E-state index in [1.165, 1.54) is 32.1 Å². The molecular formula is C30H50O4. The molecule has 4 heteroatoms. The maximum absolute atomic E-state index is 12.9. The largest absolute Gasteiger partial charge is 0.385 e. The average molecular weight is 475 g/mol. The number of fused-ring (bicyclic) bond motifs is 5. The molecule has 1 saturated heterocycles. The summed E-state index contributed by atoms with van der Waals surface area (Å²) < 4.78 is 6.46. The standard InChI is InChI=1S/C30H50O4/c1-24(2)21-12-16-28(7)22(26(21,5)14-13-23(24)31)10-9-19-20(11-15-27(19,28)6)29(8)17-18-30(33,34-29)25(3,4)32/h19-22,32-33H,9-18H2,1-8H3/t19-,20+,21+,22-,26+,27-,28-,29+,30+/m1/s1. The summed E-state index contributed by atoms with van der Waals surface area (Å²) in [5.74, 6) is 1.17. The molecule has 0 amide bonds. The van der Waals surface area contributed by atoms with Gasteiger partial charge in [-0.05, 0) is 112 Å². The highest BCUT2D eigenvalue weighted by Gasteiger charge is 2.70. The predicted molar refractivity (Wildman–Crippen MR) is 134 cm³/mol. The van der Waals surface area contributed by atoms with E-state index >= 15 is 0 Å². The summed E-state index contributed by atoms with van der Waals surface area (Å²) in [7, 11) is 0. The minimum absolute atomic E-state index is 0.197. The number of rotatable bonds is 2. The molecule has 0 aromatic rings. The highest BCUT2D eigenvalue weighted by atomic mass is 16.7. The fourth-order valence-electron chi connectivity index (χ4n) is 10.9. The molecule has 5 rings (SSSR count). The lowest BCUT2D eigenvalue weighted by atomic mass is 9.35. The first-order chi connectivity index (χ1) is 15.4. The molecular weight excluding hydrogens is 424 g/mol. The lowest BCUT2D eigenvalue weighted by Crippen LogP contribution is -2.63. The molecule has 34 heavy (non-hydrogen) atoms. The Hall–Kier alpha value is -0.450. The van der Waals surface area contributed by atoms with Crippen LogP contribution in [0.4, 0.5) is 0 Å². The number of ether oxygens (including phenoxy) is 1. The number of hydrogen-bond acceptors (Lipinski definition) is 4. The zero-order chi connectivity index (χ0) is 25.2. The Morgan fingerprint density at radius 3 is 2.06 bits per heavy atom. The van der Waals surface area contributed by atoms with Crippen molar-refractivity contribution in [1.82, 2.24) is 0 Å². The minimum Gasteiger partial charge on any atom is -0.385 e. The lowest BCUT2D eigenvalue weighted by molar-refractivity contribution is -0.306. The van der Waals surface area contributed by atoms with E-state index in [1.807, 2.05) is 0 Å². The molecule has 0 aromatic heterocycles. The van der Waals surface area contributed by atoms with Gasteiger partial charge in [-0.15, -0.1) is 0 Å². The second-order valence-electron chi connectivity index (χ2n) is 15.2. The van der Waals surface area contributed by atoms with Crippen molar-refractivity contribution < 1.29 is 19.7 Å². The Labute approximate surface area is 207 Å². The summed E-state index contributed by atoms with van der Waals surface area (Å²) in [6.07, 6.45) is 10.3. The molecule has 0 bridgehead atoms. The van der Waals surface area contributed by atoms with E-state index < -0.39 is 11.4 Å². The highest BCUT2D eigenvalue weighted by Crippen LogP contribution is 2.76. The van der Waals surface area contributed by atoms with Crippen LogP contribution in [0.2, 0.25) is 0 Å². The minimum atomic E-state index is -1.46. The smallest absolute Gasteiger partial charge is 0.194 e. The van der Waals surface area contributed by atoms with Gasteiger partial charge in [0.2, 0.25) is 0 Å². The second kappa shape index (κ2) is 7.10. The molecule has 0 spiro atoms. The fourth-order valence-corrected chi connectivity index (χ4v) is 10.9. The van der Waals surface area contributed by atoms with Crippen molar-refractivity contribution in [3.63, 3.8) is 0 Å². The SMILES string of the molecule is CC1(C)C(=O)CC[C@]2(C)[C@H]3CC[C@@H]4[C@@H]([C@]5(C)CC[C@@](O)(C(C)(C)O)O5)CC[C@@]4(C)[C@]3(C)CC[C@@H]12. The fraction of sp³-hybridized carbons (Fsp3) is 0.967. The van der Waals surface area contributed by atoms with Crippen LogP contribution in [0, 0.1) is 45.3 Å². The van der Waals surface area contributed by atoms with E-state index in [2.05, 4.69) is 41.5 Å². The number of Topliss-reactive ketones (excluding diaryl/α,β-unsaturated/α-hetero) is 1. The molecule has 194 valence electrons. The summed E-state index contributed by atoms with van der Waals surface area (Å²) in [5, 5.41) is 21.8. The predicted octanol–water partition coefficient (Wildman–Crippen LogP) is 6.27. The van der Waals surface area contributed by atoms with Crippen molar-refractivity contribution in [3.05, 3.63) is 0 Å². The molecule has 0 radical (unpaired) electrons.